The van der Waals surface area contributed by atoms with E-state index in [1.807, 2.05) is 45.0 Å². The van der Waals surface area contributed by atoms with Crippen LogP contribution >= 0.6 is 34.2 Å². The number of alkyl halides is 1. The van der Waals surface area contributed by atoms with E-state index in [1.165, 1.54) is 0 Å². The van der Waals surface area contributed by atoms with E-state index in [0.717, 1.165) is 21.3 Å². The molecule has 0 N–H and O–H groups in total. The summed E-state index contributed by atoms with van der Waals surface area (Å²) in [5.74, 6) is 1.00. The number of carbonyl (C=O) groups is 1. The van der Waals surface area contributed by atoms with Gasteiger partial charge >= 0.3 is 5.97 Å². The molecular formula is C17H22ClIO3. The van der Waals surface area contributed by atoms with E-state index in [1.54, 1.807) is 7.11 Å². The van der Waals surface area contributed by atoms with E-state index in [0.29, 0.717) is 17.9 Å². The highest BCUT2D eigenvalue weighted by atomic mass is 127. The van der Waals surface area contributed by atoms with Crippen molar-refractivity contribution in [2.24, 2.45) is 0 Å². The maximum atomic E-state index is 12.3. The van der Waals surface area contributed by atoms with Crippen molar-refractivity contribution in [2.75, 3.05) is 13.0 Å². The zero-order chi connectivity index (χ0) is 16.8. The lowest BCUT2D eigenvalue weighted by atomic mass is 10.1. The Labute approximate surface area is 151 Å². The molecule has 0 spiro atoms. The summed E-state index contributed by atoms with van der Waals surface area (Å²) in [5, 5.41) is 0. The summed E-state index contributed by atoms with van der Waals surface area (Å²) < 4.78 is 11.8. The van der Waals surface area contributed by atoms with Gasteiger partial charge in [0.1, 0.15) is 11.4 Å². The normalized spacial score (nSPS) is 12.2. The first kappa shape index (κ1) is 19.3. The van der Waals surface area contributed by atoms with Gasteiger partial charge < -0.3 is 9.47 Å². The van der Waals surface area contributed by atoms with Crippen molar-refractivity contribution >= 4 is 46.2 Å². The summed E-state index contributed by atoms with van der Waals surface area (Å²) >= 11 is 7.96. The van der Waals surface area contributed by atoms with Crippen molar-refractivity contribution in [1.82, 2.24) is 0 Å². The second kappa shape index (κ2) is 8.77. The van der Waals surface area contributed by atoms with Gasteiger partial charge in [0.05, 0.1) is 10.7 Å². The standard InChI is InChI=1S/C17H22ClIO3/c1-17(2,3)22-16(20)13(6-5-9-18)10-12-7-8-14(19)15(11-12)21-4/h7-8,10-11H,5-6,9H2,1-4H3. The Morgan fingerprint density at radius 3 is 2.59 bits per heavy atom. The van der Waals surface area contributed by atoms with Crippen molar-refractivity contribution in [1.29, 1.82) is 0 Å². The van der Waals surface area contributed by atoms with Crippen molar-refractivity contribution in [3.8, 4) is 5.75 Å². The third-order valence-electron chi connectivity index (χ3n) is 2.76. The molecule has 0 aliphatic carbocycles. The minimum Gasteiger partial charge on any atom is -0.496 e. The van der Waals surface area contributed by atoms with E-state index in [4.69, 9.17) is 21.1 Å². The van der Waals surface area contributed by atoms with E-state index in [2.05, 4.69) is 22.6 Å². The van der Waals surface area contributed by atoms with Gasteiger partial charge in [0.15, 0.2) is 0 Å². The number of carbonyl (C=O) groups excluding carboxylic acids is 1. The fourth-order valence-electron chi connectivity index (χ4n) is 1.80. The number of ether oxygens (including phenoxy) is 2. The minimum atomic E-state index is -0.513. The highest BCUT2D eigenvalue weighted by Crippen LogP contribution is 2.24. The summed E-state index contributed by atoms with van der Waals surface area (Å²) in [4.78, 5) is 12.3. The molecule has 0 amide bonds. The Bertz CT molecular complexity index is 547. The quantitative estimate of drug-likeness (QED) is 0.271. The average molecular weight is 437 g/mol. The Morgan fingerprint density at radius 1 is 1.36 bits per heavy atom. The molecule has 0 saturated carbocycles. The SMILES string of the molecule is COc1cc(C=C(CCCCl)C(=O)OC(C)(C)C)ccc1I. The second-order valence-electron chi connectivity index (χ2n) is 5.86. The van der Waals surface area contributed by atoms with Gasteiger partial charge in [0.25, 0.3) is 0 Å². The number of esters is 1. The molecule has 1 rings (SSSR count). The molecule has 122 valence electrons. The number of hydrogen-bond acceptors (Lipinski definition) is 3. The van der Waals surface area contributed by atoms with Gasteiger partial charge in [-0.05, 0) is 80.0 Å². The van der Waals surface area contributed by atoms with Crippen molar-refractivity contribution in [3.05, 3.63) is 32.9 Å². The van der Waals surface area contributed by atoms with Gasteiger partial charge in [-0.2, -0.15) is 0 Å². The molecule has 0 fully saturated rings. The predicted octanol–water partition coefficient (Wildman–Crippen LogP) is 5.04. The average Bonchev–Trinajstić information content (AvgIpc) is 2.43. The van der Waals surface area contributed by atoms with E-state index >= 15 is 0 Å². The molecule has 0 radical (unpaired) electrons. The second-order valence-corrected chi connectivity index (χ2v) is 7.40. The molecular weight excluding hydrogens is 415 g/mol. The molecule has 0 unspecified atom stereocenters. The molecule has 5 heteroatoms. The number of methoxy groups -OCH3 is 1. The van der Waals surface area contributed by atoms with E-state index in [-0.39, 0.29) is 5.97 Å². The van der Waals surface area contributed by atoms with Crippen LogP contribution in [0.3, 0.4) is 0 Å². The minimum absolute atomic E-state index is 0.296. The van der Waals surface area contributed by atoms with Gasteiger partial charge in [0.2, 0.25) is 0 Å². The maximum Gasteiger partial charge on any atom is 0.334 e. The number of halogens is 2. The summed E-state index contributed by atoms with van der Waals surface area (Å²) in [7, 11) is 1.63. The third kappa shape index (κ3) is 6.57. The monoisotopic (exact) mass is 436 g/mol. The zero-order valence-electron chi connectivity index (χ0n) is 13.4. The summed E-state index contributed by atoms with van der Waals surface area (Å²) in [6.45, 7) is 5.58. The first-order valence-electron chi connectivity index (χ1n) is 7.10. The zero-order valence-corrected chi connectivity index (χ0v) is 16.3. The Hall–Kier alpha value is -0.750. The molecule has 0 atom stereocenters. The molecule has 0 aliphatic rings. The van der Waals surface area contributed by atoms with E-state index in [9.17, 15) is 4.79 Å². The maximum absolute atomic E-state index is 12.3. The molecule has 0 heterocycles. The molecule has 3 nitrogen and oxygen atoms in total. The lowest BCUT2D eigenvalue weighted by molar-refractivity contribution is -0.149. The molecule has 1 aromatic rings. The van der Waals surface area contributed by atoms with Crippen LogP contribution in [0.5, 0.6) is 5.75 Å². The summed E-state index contributed by atoms with van der Waals surface area (Å²) in [5.41, 5.74) is 1.02. The van der Waals surface area contributed by atoms with Crippen molar-refractivity contribution in [2.45, 2.75) is 39.2 Å². The summed E-state index contributed by atoms with van der Waals surface area (Å²) in [6.07, 6.45) is 3.17. The number of benzene rings is 1. The molecule has 1 aromatic carbocycles. The fourth-order valence-corrected chi connectivity index (χ4v) is 2.49. The van der Waals surface area contributed by atoms with Crippen molar-refractivity contribution < 1.29 is 14.3 Å². The molecule has 0 aromatic heterocycles. The van der Waals surface area contributed by atoms with Crippen LogP contribution in [0.1, 0.15) is 39.2 Å². The highest BCUT2D eigenvalue weighted by molar-refractivity contribution is 14.1. The Balaban J connectivity index is 3.07. The topological polar surface area (TPSA) is 35.5 Å². The van der Waals surface area contributed by atoms with Gasteiger partial charge in [-0.3, -0.25) is 0 Å². The van der Waals surface area contributed by atoms with Crippen LogP contribution in [0, 0.1) is 3.57 Å². The third-order valence-corrected chi connectivity index (χ3v) is 3.92. The van der Waals surface area contributed by atoms with Crippen LogP contribution in [0.4, 0.5) is 0 Å². The smallest absolute Gasteiger partial charge is 0.334 e. The van der Waals surface area contributed by atoms with Gasteiger partial charge in [-0.1, -0.05) is 6.07 Å². The molecule has 22 heavy (non-hydrogen) atoms. The van der Waals surface area contributed by atoms with Gasteiger partial charge in [-0.25, -0.2) is 4.79 Å². The first-order valence-corrected chi connectivity index (χ1v) is 8.71. The van der Waals surface area contributed by atoms with Crippen LogP contribution in [-0.4, -0.2) is 24.6 Å². The Morgan fingerprint density at radius 2 is 2.05 bits per heavy atom. The predicted molar refractivity (Wildman–Crippen MR) is 99.5 cm³/mol. The highest BCUT2D eigenvalue weighted by Gasteiger charge is 2.19. The van der Waals surface area contributed by atoms with Gasteiger partial charge in [0, 0.05) is 11.5 Å². The van der Waals surface area contributed by atoms with Crippen LogP contribution < -0.4 is 4.74 Å². The largest absolute Gasteiger partial charge is 0.496 e. The first-order chi connectivity index (χ1) is 10.3. The molecule has 0 aliphatic heterocycles. The molecule has 0 bridgehead atoms. The number of hydrogen-bond donors (Lipinski definition) is 0. The van der Waals surface area contributed by atoms with Gasteiger partial charge in [-0.15, -0.1) is 11.6 Å². The number of rotatable bonds is 6. The Kier molecular flexibility index (Phi) is 7.69. The fraction of sp³-hybridized carbons (Fsp3) is 0.471. The van der Waals surface area contributed by atoms with E-state index < -0.39 is 5.60 Å². The van der Waals surface area contributed by atoms with Crippen molar-refractivity contribution in [3.63, 3.8) is 0 Å². The van der Waals surface area contributed by atoms with Crippen LogP contribution in [0.2, 0.25) is 0 Å². The van der Waals surface area contributed by atoms with Crippen LogP contribution in [-0.2, 0) is 9.53 Å². The van der Waals surface area contributed by atoms with Crippen LogP contribution in [0.25, 0.3) is 6.08 Å². The lowest BCUT2D eigenvalue weighted by Crippen LogP contribution is -2.25. The molecule has 0 saturated heterocycles. The van der Waals surface area contributed by atoms with Crippen LogP contribution in [0.15, 0.2) is 23.8 Å². The lowest BCUT2D eigenvalue weighted by Gasteiger charge is -2.20. The summed E-state index contributed by atoms with van der Waals surface area (Å²) in [6, 6.07) is 5.82.